The van der Waals surface area contributed by atoms with Crippen molar-refractivity contribution in [1.29, 1.82) is 0 Å². The van der Waals surface area contributed by atoms with E-state index in [4.69, 9.17) is 0 Å². The molecule has 0 N–H and O–H groups in total. The van der Waals surface area contributed by atoms with Crippen LogP contribution in [-0.4, -0.2) is 0 Å². The SMILES string of the molecule is CC1(c2ccccc2)c2ccccc2-c2ccc(N(c3ccc4c(ccc5ccccc54)c3)c3ccccc3-c3ccc4c(c3)c(-c3ccccc3)c(-c3ccccc3)c3ccccc34)cc21. The van der Waals surface area contributed by atoms with E-state index >= 15 is 0 Å². The molecule has 0 fully saturated rings. The van der Waals surface area contributed by atoms with Gasteiger partial charge in [0.25, 0.3) is 0 Å². The van der Waals surface area contributed by atoms with Crippen LogP contribution in [0, 0.1) is 0 Å². The number of hydrogen-bond donors (Lipinski definition) is 0. The summed E-state index contributed by atoms with van der Waals surface area (Å²) in [5.74, 6) is 0. The molecular weight excluding hydrogens is 807 g/mol. The molecule has 0 radical (unpaired) electrons. The zero-order valence-electron chi connectivity index (χ0n) is 37.2. The maximum atomic E-state index is 2.50. The second kappa shape index (κ2) is 15.6. The minimum atomic E-state index is -0.345. The van der Waals surface area contributed by atoms with Crippen molar-refractivity contribution in [2.24, 2.45) is 0 Å². The van der Waals surface area contributed by atoms with Crippen molar-refractivity contribution in [2.75, 3.05) is 4.90 Å². The van der Waals surface area contributed by atoms with E-state index in [0.717, 1.165) is 28.2 Å². The Morgan fingerprint density at radius 3 is 1.60 bits per heavy atom. The molecule has 0 aliphatic heterocycles. The highest BCUT2D eigenvalue weighted by Crippen LogP contribution is 2.55. The quantitative estimate of drug-likeness (QED) is 0.144. The van der Waals surface area contributed by atoms with Crippen LogP contribution in [0.25, 0.3) is 87.6 Å². The molecule has 0 saturated carbocycles. The molecule has 1 aliphatic carbocycles. The van der Waals surface area contributed by atoms with E-state index in [9.17, 15) is 0 Å². The van der Waals surface area contributed by atoms with Crippen molar-refractivity contribution >= 4 is 60.2 Å². The molecule has 67 heavy (non-hydrogen) atoms. The molecule has 0 aromatic heterocycles. The average molecular weight is 852 g/mol. The van der Waals surface area contributed by atoms with Crippen LogP contribution in [-0.2, 0) is 5.41 Å². The first-order valence-corrected chi connectivity index (χ1v) is 23.3. The van der Waals surface area contributed by atoms with Crippen molar-refractivity contribution in [1.82, 2.24) is 0 Å². The van der Waals surface area contributed by atoms with Crippen LogP contribution in [0.4, 0.5) is 17.1 Å². The Morgan fingerprint density at radius 1 is 0.299 bits per heavy atom. The number of fused-ring (bicyclic) bond motifs is 9. The highest BCUT2D eigenvalue weighted by atomic mass is 15.1. The van der Waals surface area contributed by atoms with E-state index < -0.39 is 0 Å². The highest BCUT2D eigenvalue weighted by molar-refractivity contribution is 6.22. The third-order valence-corrected chi connectivity index (χ3v) is 14.5. The van der Waals surface area contributed by atoms with Crippen LogP contribution in [0.3, 0.4) is 0 Å². The number of benzene rings is 12. The summed E-state index contributed by atoms with van der Waals surface area (Å²) >= 11 is 0. The Hall–Kier alpha value is -8.52. The summed E-state index contributed by atoms with van der Waals surface area (Å²) in [7, 11) is 0. The minimum Gasteiger partial charge on any atom is -0.310 e. The van der Waals surface area contributed by atoms with Crippen molar-refractivity contribution < 1.29 is 0 Å². The Balaban J connectivity index is 1.07. The van der Waals surface area contributed by atoms with Gasteiger partial charge in [-0.25, -0.2) is 0 Å². The van der Waals surface area contributed by atoms with Crippen molar-refractivity contribution in [2.45, 2.75) is 12.3 Å². The Kier molecular flexibility index (Phi) is 9.05. The van der Waals surface area contributed by atoms with Gasteiger partial charge in [-0.3, -0.25) is 0 Å². The molecule has 13 rings (SSSR count). The average Bonchev–Trinajstić information content (AvgIpc) is 3.66. The summed E-state index contributed by atoms with van der Waals surface area (Å²) in [5.41, 5.74) is 16.7. The number of hydrogen-bond acceptors (Lipinski definition) is 1. The van der Waals surface area contributed by atoms with E-state index in [-0.39, 0.29) is 5.41 Å². The Bertz CT molecular complexity index is 3870. The van der Waals surface area contributed by atoms with Crippen molar-refractivity contribution in [3.8, 4) is 44.5 Å². The predicted octanol–water partition coefficient (Wildman–Crippen LogP) is 18.1. The fourth-order valence-corrected chi connectivity index (χ4v) is 11.3. The summed E-state index contributed by atoms with van der Waals surface area (Å²) in [6.07, 6.45) is 0. The molecule has 1 atom stereocenters. The van der Waals surface area contributed by atoms with E-state index in [1.54, 1.807) is 0 Å². The maximum Gasteiger partial charge on any atom is 0.0540 e. The van der Waals surface area contributed by atoms with Gasteiger partial charge in [-0.1, -0.05) is 218 Å². The smallest absolute Gasteiger partial charge is 0.0540 e. The zero-order chi connectivity index (χ0) is 44.5. The van der Waals surface area contributed by atoms with Crippen LogP contribution in [0.1, 0.15) is 23.6 Å². The molecule has 12 aromatic carbocycles. The normalized spacial score (nSPS) is 14.1. The van der Waals surface area contributed by atoms with Gasteiger partial charge in [0, 0.05) is 22.4 Å². The summed E-state index contributed by atoms with van der Waals surface area (Å²) < 4.78 is 0. The molecule has 0 spiro atoms. The number of nitrogens with zero attached hydrogens (tertiary/aromatic N) is 1. The van der Waals surface area contributed by atoms with Crippen LogP contribution in [0.2, 0.25) is 0 Å². The van der Waals surface area contributed by atoms with Gasteiger partial charge in [0.1, 0.15) is 0 Å². The van der Waals surface area contributed by atoms with Crippen molar-refractivity contribution in [3.63, 3.8) is 0 Å². The molecule has 0 saturated heterocycles. The largest absolute Gasteiger partial charge is 0.310 e. The van der Waals surface area contributed by atoms with E-state index in [2.05, 4.69) is 267 Å². The molecule has 1 heteroatoms. The van der Waals surface area contributed by atoms with Crippen LogP contribution in [0.15, 0.2) is 255 Å². The molecule has 1 nitrogen and oxygen atoms in total. The lowest BCUT2D eigenvalue weighted by atomic mass is 9.74. The maximum absolute atomic E-state index is 2.50. The summed E-state index contributed by atoms with van der Waals surface area (Å²) in [5, 5.41) is 9.95. The van der Waals surface area contributed by atoms with Gasteiger partial charge in [0.05, 0.1) is 5.69 Å². The van der Waals surface area contributed by atoms with Gasteiger partial charge in [0.2, 0.25) is 0 Å². The third kappa shape index (κ3) is 6.16. The Morgan fingerprint density at radius 2 is 0.821 bits per heavy atom. The standard InChI is InChI=1S/C66H45N/c1-66(49-24-9-4-10-25-49)61-31-17-15-29-57(61)58-40-37-51(43-62(58)66)67(50-36-39-53-47(41-50)34-33-44-19-11-12-26-52(44)53)63-32-18-16-27-54(63)48-35-38-56-55-28-13-14-30-59(55)64(45-20-5-2-6-21-45)65(60(56)42-48)46-22-7-3-8-23-46/h2-43H,1H3. The van der Waals surface area contributed by atoms with Crippen LogP contribution in [0.5, 0.6) is 0 Å². The highest BCUT2D eigenvalue weighted by Gasteiger charge is 2.41. The third-order valence-electron chi connectivity index (χ3n) is 14.5. The predicted molar refractivity (Wildman–Crippen MR) is 285 cm³/mol. The fraction of sp³-hybridized carbons (Fsp3) is 0.0303. The molecule has 0 bridgehead atoms. The van der Waals surface area contributed by atoms with Gasteiger partial charge in [-0.05, 0) is 142 Å². The first-order valence-electron chi connectivity index (χ1n) is 23.3. The van der Waals surface area contributed by atoms with E-state index in [1.165, 1.54) is 93.2 Å². The first kappa shape index (κ1) is 38.9. The van der Waals surface area contributed by atoms with Crippen LogP contribution < -0.4 is 4.90 Å². The summed E-state index contributed by atoms with van der Waals surface area (Å²) in [6.45, 7) is 2.41. The van der Waals surface area contributed by atoms with Crippen molar-refractivity contribution in [3.05, 3.63) is 271 Å². The minimum absolute atomic E-state index is 0.345. The summed E-state index contributed by atoms with van der Waals surface area (Å²) in [4.78, 5) is 2.50. The topological polar surface area (TPSA) is 3.24 Å². The number of anilines is 3. The van der Waals surface area contributed by atoms with Gasteiger partial charge in [0.15, 0.2) is 0 Å². The van der Waals surface area contributed by atoms with Gasteiger partial charge in [-0.15, -0.1) is 0 Å². The number of para-hydroxylation sites is 1. The van der Waals surface area contributed by atoms with E-state index in [1.807, 2.05) is 0 Å². The Labute approximate surface area is 391 Å². The molecule has 12 aromatic rings. The molecule has 1 unspecified atom stereocenters. The lowest BCUT2D eigenvalue weighted by molar-refractivity contribution is 0.714. The second-order valence-electron chi connectivity index (χ2n) is 18.1. The lowest BCUT2D eigenvalue weighted by Crippen LogP contribution is -2.22. The van der Waals surface area contributed by atoms with Gasteiger partial charge >= 0.3 is 0 Å². The lowest BCUT2D eigenvalue weighted by Gasteiger charge is -2.32. The molecule has 0 heterocycles. The fourth-order valence-electron chi connectivity index (χ4n) is 11.3. The first-order chi connectivity index (χ1) is 33.1. The zero-order valence-corrected chi connectivity index (χ0v) is 37.2. The van der Waals surface area contributed by atoms with Crippen LogP contribution >= 0.6 is 0 Å². The molecule has 1 aliphatic rings. The van der Waals surface area contributed by atoms with E-state index in [0.29, 0.717) is 0 Å². The monoisotopic (exact) mass is 851 g/mol. The molecule has 314 valence electrons. The molecule has 0 amide bonds. The summed E-state index contributed by atoms with van der Waals surface area (Å²) in [6, 6.07) is 94.3. The van der Waals surface area contributed by atoms with Gasteiger partial charge < -0.3 is 4.90 Å². The number of rotatable bonds is 7. The second-order valence-corrected chi connectivity index (χ2v) is 18.1. The van der Waals surface area contributed by atoms with Gasteiger partial charge in [-0.2, -0.15) is 0 Å². The molecular formula is C66H45N.